The monoisotopic (exact) mass is 366 g/mol. The van der Waals surface area contributed by atoms with Crippen molar-refractivity contribution in [2.24, 2.45) is 10.8 Å². The minimum Gasteiger partial charge on any atom is -0.381 e. The number of aliphatic hydroxyl groups is 1. The molecule has 0 bridgehead atoms. The van der Waals surface area contributed by atoms with Crippen LogP contribution in [0.25, 0.3) is 0 Å². The molecule has 2 rings (SSSR count). The Morgan fingerprint density at radius 3 is 2.08 bits per heavy atom. The molecule has 9 heteroatoms. The summed E-state index contributed by atoms with van der Waals surface area (Å²) in [6.45, 7) is 6.60. The van der Waals surface area contributed by atoms with Crippen molar-refractivity contribution in [3.05, 3.63) is 11.6 Å². The number of Topliss-reactive ketones (excluding diaryl/α,β-unsaturated/α-hetero) is 2. The molecule has 2 aliphatic rings. The van der Waals surface area contributed by atoms with Gasteiger partial charge in [0.25, 0.3) is 0 Å². The second-order valence-corrected chi connectivity index (χ2v) is 7.58. The second kappa shape index (κ2) is 5.35. The highest BCUT2D eigenvalue weighted by Gasteiger charge is 2.70. The van der Waals surface area contributed by atoms with Crippen LogP contribution in [0, 0.1) is 10.8 Å². The van der Waals surface area contributed by atoms with E-state index in [1.54, 1.807) is 0 Å². The van der Waals surface area contributed by atoms with E-state index in [2.05, 4.69) is 0 Å². The first kappa shape index (κ1) is 20.0. The maximum Gasteiger partial charge on any atom is 0.417 e. The molecule has 0 radical (unpaired) electrons. The number of fused-ring (bicyclic) bond motifs is 1. The van der Waals surface area contributed by atoms with Crippen molar-refractivity contribution in [3.63, 3.8) is 0 Å². The lowest BCUT2D eigenvalue weighted by atomic mass is 9.57. The van der Waals surface area contributed by atoms with Gasteiger partial charge in [-0.05, 0) is 40.7 Å². The standard InChI is InChI=1S/C16H21F3O6/c1-12(2)9(20)8-7-14(5,11(22)16(17,18)19)24-25-15(8,23-6)13(3,4)10(12)21/h7,11,22H,1-6H3/t11-,14-,15+/m1/s1. The fraction of sp³-hybridized carbons (Fsp3) is 0.750. The lowest BCUT2D eigenvalue weighted by Gasteiger charge is -2.54. The zero-order chi connectivity index (χ0) is 19.6. The van der Waals surface area contributed by atoms with Crippen LogP contribution in [0.3, 0.4) is 0 Å². The number of hydrogen-bond acceptors (Lipinski definition) is 6. The van der Waals surface area contributed by atoms with Gasteiger partial charge >= 0.3 is 6.18 Å². The van der Waals surface area contributed by atoms with E-state index in [4.69, 9.17) is 14.5 Å². The molecule has 0 aromatic heterocycles. The normalized spacial score (nSPS) is 35.8. The molecule has 0 saturated heterocycles. The highest BCUT2D eigenvalue weighted by atomic mass is 19.4. The summed E-state index contributed by atoms with van der Waals surface area (Å²) in [5.41, 5.74) is -5.60. The summed E-state index contributed by atoms with van der Waals surface area (Å²) in [5, 5.41) is 9.62. The van der Waals surface area contributed by atoms with Gasteiger partial charge in [-0.2, -0.15) is 18.1 Å². The lowest BCUT2D eigenvalue weighted by Crippen LogP contribution is -2.68. The fourth-order valence-corrected chi connectivity index (χ4v) is 3.47. The number of halogens is 3. The van der Waals surface area contributed by atoms with Crippen LogP contribution in [-0.2, 0) is 24.1 Å². The number of hydrogen-bond donors (Lipinski definition) is 1. The Kier molecular flexibility index (Phi) is 4.29. The Morgan fingerprint density at radius 1 is 1.12 bits per heavy atom. The molecule has 1 saturated carbocycles. The van der Waals surface area contributed by atoms with E-state index < -0.39 is 46.1 Å². The summed E-state index contributed by atoms with van der Waals surface area (Å²) < 4.78 is 44.1. The molecule has 0 unspecified atom stereocenters. The molecule has 0 aromatic rings. The van der Waals surface area contributed by atoms with E-state index >= 15 is 0 Å². The minimum atomic E-state index is -5.01. The molecule has 0 amide bonds. The summed E-state index contributed by atoms with van der Waals surface area (Å²) in [4.78, 5) is 35.5. The van der Waals surface area contributed by atoms with Crippen LogP contribution >= 0.6 is 0 Å². The van der Waals surface area contributed by atoms with Crippen LogP contribution in [0.4, 0.5) is 13.2 Å². The van der Waals surface area contributed by atoms with E-state index in [1.165, 1.54) is 27.7 Å². The highest BCUT2D eigenvalue weighted by molar-refractivity contribution is 6.19. The SMILES string of the molecule is CO[C@]12OO[C@@](C)([C@@H](O)C(F)(F)F)C=C1C(=O)C(C)(C)C(=O)C2(C)C. The Hall–Kier alpha value is -1.29. The third-order valence-corrected chi connectivity index (χ3v) is 5.03. The first-order valence-electron chi connectivity index (χ1n) is 7.58. The number of carbonyl (C=O) groups excluding carboxylic acids is 2. The predicted octanol–water partition coefficient (Wildman–Crippen LogP) is 2.10. The average molecular weight is 366 g/mol. The smallest absolute Gasteiger partial charge is 0.381 e. The zero-order valence-electron chi connectivity index (χ0n) is 14.8. The van der Waals surface area contributed by atoms with Crippen molar-refractivity contribution in [1.29, 1.82) is 0 Å². The van der Waals surface area contributed by atoms with Gasteiger partial charge in [-0.3, -0.25) is 9.59 Å². The first-order valence-corrected chi connectivity index (χ1v) is 7.58. The lowest BCUT2D eigenvalue weighted by molar-refractivity contribution is -0.483. The Balaban J connectivity index is 2.72. The molecular formula is C16H21F3O6. The maximum atomic E-state index is 13.0. The molecule has 6 nitrogen and oxygen atoms in total. The van der Waals surface area contributed by atoms with Crippen LogP contribution < -0.4 is 0 Å². The van der Waals surface area contributed by atoms with E-state index in [1.807, 2.05) is 0 Å². The molecule has 0 spiro atoms. The minimum absolute atomic E-state index is 0.290. The van der Waals surface area contributed by atoms with Crippen LogP contribution in [-0.4, -0.2) is 47.5 Å². The highest BCUT2D eigenvalue weighted by Crippen LogP contribution is 2.55. The van der Waals surface area contributed by atoms with Crippen LogP contribution in [0.2, 0.25) is 0 Å². The van der Waals surface area contributed by atoms with Crippen molar-refractivity contribution in [2.75, 3.05) is 7.11 Å². The summed E-state index contributed by atoms with van der Waals surface area (Å²) in [6.07, 6.45) is -7.11. The average Bonchev–Trinajstić information content (AvgIpc) is 2.50. The number of rotatable bonds is 2. The molecule has 1 heterocycles. The van der Waals surface area contributed by atoms with E-state index in [0.717, 1.165) is 20.1 Å². The molecular weight excluding hydrogens is 345 g/mol. The van der Waals surface area contributed by atoms with Crippen LogP contribution in [0.15, 0.2) is 11.6 Å². The number of ketones is 2. The molecule has 25 heavy (non-hydrogen) atoms. The maximum absolute atomic E-state index is 13.0. The summed E-state index contributed by atoms with van der Waals surface area (Å²) in [7, 11) is 1.15. The van der Waals surface area contributed by atoms with Gasteiger partial charge in [0.15, 0.2) is 23.3 Å². The van der Waals surface area contributed by atoms with Gasteiger partial charge < -0.3 is 9.84 Å². The third kappa shape index (κ3) is 2.48. The van der Waals surface area contributed by atoms with Crippen LogP contribution in [0.1, 0.15) is 34.6 Å². The molecule has 1 aliphatic heterocycles. The van der Waals surface area contributed by atoms with Crippen LogP contribution in [0.5, 0.6) is 0 Å². The van der Waals surface area contributed by atoms with Crippen molar-refractivity contribution in [1.82, 2.24) is 0 Å². The molecule has 142 valence electrons. The van der Waals surface area contributed by atoms with Crippen molar-refractivity contribution in [2.45, 2.75) is 58.3 Å². The quantitative estimate of drug-likeness (QED) is 0.595. The molecule has 3 atom stereocenters. The summed E-state index contributed by atoms with van der Waals surface area (Å²) >= 11 is 0. The largest absolute Gasteiger partial charge is 0.417 e. The van der Waals surface area contributed by atoms with Gasteiger partial charge in [0.05, 0.1) is 16.4 Å². The van der Waals surface area contributed by atoms with Crippen molar-refractivity contribution in [3.8, 4) is 0 Å². The van der Waals surface area contributed by atoms with Gasteiger partial charge in [0.2, 0.25) is 5.79 Å². The van der Waals surface area contributed by atoms with Gasteiger partial charge in [0, 0.05) is 7.11 Å². The van der Waals surface area contributed by atoms with Gasteiger partial charge in [0.1, 0.15) is 0 Å². The van der Waals surface area contributed by atoms with Crippen molar-refractivity contribution >= 4 is 11.6 Å². The second-order valence-electron chi connectivity index (χ2n) is 7.58. The number of aliphatic hydroxyl groups excluding tert-OH is 1. The summed E-state index contributed by atoms with van der Waals surface area (Å²) in [5.74, 6) is -3.27. The summed E-state index contributed by atoms with van der Waals surface area (Å²) in [6, 6.07) is 0. The predicted molar refractivity (Wildman–Crippen MR) is 78.0 cm³/mol. The molecule has 1 aliphatic carbocycles. The van der Waals surface area contributed by atoms with Crippen molar-refractivity contribution < 1.29 is 42.4 Å². The first-order chi connectivity index (χ1) is 11.1. The Morgan fingerprint density at radius 2 is 1.64 bits per heavy atom. The topological polar surface area (TPSA) is 82.1 Å². The van der Waals surface area contributed by atoms with E-state index in [0.29, 0.717) is 0 Å². The van der Waals surface area contributed by atoms with E-state index in [9.17, 15) is 27.9 Å². The third-order valence-electron chi connectivity index (χ3n) is 5.03. The number of ether oxygens (including phenoxy) is 1. The van der Waals surface area contributed by atoms with Gasteiger partial charge in [-0.15, -0.1) is 0 Å². The fourth-order valence-electron chi connectivity index (χ4n) is 3.47. The number of carbonyl (C=O) groups is 2. The van der Waals surface area contributed by atoms with Gasteiger partial charge in [-0.25, -0.2) is 4.89 Å². The molecule has 1 N–H and O–H groups in total. The van der Waals surface area contributed by atoms with Gasteiger partial charge in [-0.1, -0.05) is 0 Å². The number of methoxy groups -OCH3 is 1. The molecule has 0 aromatic carbocycles. The van der Waals surface area contributed by atoms with E-state index in [-0.39, 0.29) is 5.57 Å². The number of alkyl halides is 3. The Bertz CT molecular complexity index is 651. The zero-order valence-corrected chi connectivity index (χ0v) is 14.8. The Labute approximate surface area is 142 Å². The molecule has 1 fully saturated rings.